The third-order valence-electron chi connectivity index (χ3n) is 1.30. The molecule has 0 radical (unpaired) electrons. The van der Waals surface area contributed by atoms with Crippen molar-refractivity contribution in [2.24, 2.45) is 0 Å². The molecule has 0 aliphatic rings. The standard InChI is InChI=1S/C8H15NOS2.Ca.2H/c1-4-5-6-7(10)12-8(11)9(2)3;;;/h4-6H2,1-3H3;;;. The molecule has 0 amide bonds. The number of carbonyl (C=O) groups excluding carboxylic acids is 1. The first-order chi connectivity index (χ1) is 5.57. The van der Waals surface area contributed by atoms with Gasteiger partial charge in [0, 0.05) is 20.5 Å². The summed E-state index contributed by atoms with van der Waals surface area (Å²) in [6.07, 6.45) is 2.65. The summed E-state index contributed by atoms with van der Waals surface area (Å²) < 4.78 is 0.649. The number of hydrogen-bond donors (Lipinski definition) is 0. The molecular formula is C8H17CaNOS2. The van der Waals surface area contributed by atoms with Crippen molar-refractivity contribution < 1.29 is 4.79 Å². The summed E-state index contributed by atoms with van der Waals surface area (Å²) in [5.41, 5.74) is 0. The average Bonchev–Trinajstić information content (AvgIpc) is 2.00. The third-order valence-corrected chi connectivity index (χ3v) is 2.89. The number of thioether (sulfide) groups is 1. The maximum atomic E-state index is 11.2. The van der Waals surface area contributed by atoms with Crippen LogP contribution >= 0.6 is 24.0 Å². The van der Waals surface area contributed by atoms with E-state index in [0.29, 0.717) is 10.7 Å². The summed E-state index contributed by atoms with van der Waals surface area (Å²) in [6.45, 7) is 2.07. The molecule has 0 aromatic heterocycles. The van der Waals surface area contributed by atoms with Crippen molar-refractivity contribution >= 4 is 71.2 Å². The molecule has 0 unspecified atom stereocenters. The maximum absolute atomic E-state index is 11.2. The molecular weight excluding hydrogens is 230 g/mol. The zero-order valence-corrected chi connectivity index (χ0v) is 9.43. The quantitative estimate of drug-likeness (QED) is 0.554. The first-order valence-electron chi connectivity index (χ1n) is 4.00. The van der Waals surface area contributed by atoms with E-state index in [0.717, 1.165) is 12.8 Å². The third kappa shape index (κ3) is 9.47. The van der Waals surface area contributed by atoms with Gasteiger partial charge in [-0.15, -0.1) is 0 Å². The van der Waals surface area contributed by atoms with Crippen molar-refractivity contribution in [3.8, 4) is 0 Å². The van der Waals surface area contributed by atoms with Gasteiger partial charge >= 0.3 is 37.7 Å². The summed E-state index contributed by atoms with van der Waals surface area (Å²) in [4.78, 5) is 12.9. The fourth-order valence-corrected chi connectivity index (χ4v) is 1.46. The Morgan fingerprint density at radius 3 is 2.38 bits per heavy atom. The van der Waals surface area contributed by atoms with E-state index >= 15 is 0 Å². The fourth-order valence-electron chi connectivity index (χ4n) is 0.561. The Bertz CT molecular complexity index is 174. The zero-order chi connectivity index (χ0) is 9.56. The van der Waals surface area contributed by atoms with E-state index in [4.69, 9.17) is 12.2 Å². The Morgan fingerprint density at radius 1 is 1.46 bits per heavy atom. The van der Waals surface area contributed by atoms with E-state index in [-0.39, 0.29) is 42.9 Å². The molecule has 5 heteroatoms. The first kappa shape index (κ1) is 16.6. The van der Waals surface area contributed by atoms with Crippen LogP contribution in [-0.2, 0) is 4.79 Å². The van der Waals surface area contributed by atoms with Gasteiger partial charge in [-0.25, -0.2) is 0 Å². The van der Waals surface area contributed by atoms with E-state index in [2.05, 4.69) is 6.92 Å². The second-order valence-electron chi connectivity index (χ2n) is 2.74. The summed E-state index contributed by atoms with van der Waals surface area (Å²) in [7, 11) is 3.70. The molecule has 0 saturated heterocycles. The fraction of sp³-hybridized carbons (Fsp3) is 0.750. The van der Waals surface area contributed by atoms with E-state index in [1.165, 1.54) is 11.8 Å². The van der Waals surface area contributed by atoms with Gasteiger partial charge in [-0.2, -0.15) is 0 Å². The van der Waals surface area contributed by atoms with Crippen LogP contribution in [0.3, 0.4) is 0 Å². The van der Waals surface area contributed by atoms with Crippen LogP contribution in [0.2, 0.25) is 0 Å². The predicted molar refractivity (Wildman–Crippen MR) is 67.0 cm³/mol. The molecule has 2 nitrogen and oxygen atoms in total. The van der Waals surface area contributed by atoms with E-state index in [1.54, 1.807) is 4.90 Å². The van der Waals surface area contributed by atoms with Gasteiger partial charge in [0.25, 0.3) is 0 Å². The summed E-state index contributed by atoms with van der Waals surface area (Å²) in [5, 5.41) is 0.176. The molecule has 13 heavy (non-hydrogen) atoms. The van der Waals surface area contributed by atoms with Gasteiger partial charge in [0.05, 0.1) is 0 Å². The van der Waals surface area contributed by atoms with Gasteiger partial charge in [0.1, 0.15) is 4.32 Å². The number of unbranched alkanes of at least 4 members (excludes halogenated alkanes) is 1. The number of nitrogens with zero attached hydrogens (tertiary/aromatic N) is 1. The van der Waals surface area contributed by atoms with Crippen LogP contribution in [0.15, 0.2) is 0 Å². The van der Waals surface area contributed by atoms with Crippen LogP contribution in [0.1, 0.15) is 26.2 Å². The summed E-state index contributed by atoms with van der Waals surface area (Å²) in [5.74, 6) is 0. The van der Waals surface area contributed by atoms with Crippen LogP contribution in [0.4, 0.5) is 0 Å². The second kappa shape index (κ2) is 9.71. The van der Waals surface area contributed by atoms with Crippen LogP contribution in [-0.4, -0.2) is 66.2 Å². The monoisotopic (exact) mass is 247 g/mol. The van der Waals surface area contributed by atoms with Crippen molar-refractivity contribution in [3.63, 3.8) is 0 Å². The molecule has 0 rings (SSSR count). The number of thiocarbonyl (C=S) groups is 1. The van der Waals surface area contributed by atoms with Gasteiger partial charge < -0.3 is 4.90 Å². The Balaban J connectivity index is 0. The Kier molecular flexibility index (Phi) is 12.4. The van der Waals surface area contributed by atoms with Crippen molar-refractivity contribution in [1.29, 1.82) is 0 Å². The van der Waals surface area contributed by atoms with Crippen molar-refractivity contribution in [3.05, 3.63) is 0 Å². The topological polar surface area (TPSA) is 20.3 Å². The Morgan fingerprint density at radius 2 is 2.00 bits per heavy atom. The molecule has 0 spiro atoms. The predicted octanol–water partition coefficient (Wildman–Crippen LogP) is 1.37. The summed E-state index contributed by atoms with van der Waals surface area (Å²) >= 11 is 6.14. The number of carbonyl (C=O) groups is 1. The van der Waals surface area contributed by atoms with Crippen LogP contribution < -0.4 is 0 Å². The molecule has 0 aromatic rings. The molecule has 0 heterocycles. The van der Waals surface area contributed by atoms with Gasteiger partial charge in [0.2, 0.25) is 0 Å². The van der Waals surface area contributed by atoms with E-state index < -0.39 is 0 Å². The molecule has 74 valence electrons. The van der Waals surface area contributed by atoms with Crippen LogP contribution in [0.5, 0.6) is 0 Å². The minimum absolute atomic E-state index is 0. The van der Waals surface area contributed by atoms with Crippen molar-refractivity contribution in [2.45, 2.75) is 26.2 Å². The molecule has 0 bridgehead atoms. The van der Waals surface area contributed by atoms with Gasteiger partial charge in [-0.05, 0) is 18.2 Å². The second-order valence-corrected chi connectivity index (χ2v) is 4.43. The summed E-state index contributed by atoms with van der Waals surface area (Å²) in [6, 6.07) is 0. The molecule has 0 atom stereocenters. The van der Waals surface area contributed by atoms with Crippen molar-refractivity contribution in [1.82, 2.24) is 4.90 Å². The number of rotatable bonds is 3. The van der Waals surface area contributed by atoms with E-state index in [1.807, 2.05) is 14.1 Å². The van der Waals surface area contributed by atoms with Gasteiger partial charge in [-0.1, -0.05) is 25.6 Å². The molecule has 0 N–H and O–H groups in total. The van der Waals surface area contributed by atoms with Crippen molar-refractivity contribution in [2.75, 3.05) is 14.1 Å². The van der Waals surface area contributed by atoms with Gasteiger partial charge in [0.15, 0.2) is 5.12 Å². The minimum atomic E-state index is 0. The average molecular weight is 247 g/mol. The molecule has 0 aliphatic carbocycles. The van der Waals surface area contributed by atoms with Crippen LogP contribution in [0.25, 0.3) is 0 Å². The zero-order valence-electron chi connectivity index (χ0n) is 7.79. The Labute approximate surface area is 120 Å². The first-order valence-corrected chi connectivity index (χ1v) is 5.22. The van der Waals surface area contributed by atoms with Crippen LogP contribution in [0, 0.1) is 0 Å². The number of hydrogen-bond acceptors (Lipinski definition) is 3. The molecule has 0 fully saturated rings. The molecule has 0 aliphatic heterocycles. The molecule has 0 saturated carbocycles. The Hall–Kier alpha value is 1.17. The molecule has 0 aromatic carbocycles. The van der Waals surface area contributed by atoms with E-state index in [9.17, 15) is 4.79 Å². The normalized spacial score (nSPS) is 8.85. The van der Waals surface area contributed by atoms with Gasteiger partial charge in [-0.3, -0.25) is 4.79 Å². The SMILES string of the molecule is CCCCC(=O)SC(=S)N(C)C.[CaH2].